The van der Waals surface area contributed by atoms with Crippen LogP contribution in [-0.2, 0) is 6.42 Å². The van der Waals surface area contributed by atoms with Crippen LogP contribution in [0.3, 0.4) is 0 Å². The highest BCUT2D eigenvalue weighted by atomic mass is 15.0. The standard InChI is InChI=1S/C47H31N3/c1-4-13-31(14-5-1)35-25-28-43-40(29-35)39-20-10-11-22-42(39)50(43)37-26-23-32(24-27-37)38-21-12-19-36-30-41-45(33-15-6-2-7-16-33)48-47(49-46(41)44(36)38)34-17-8-3-9-18-34/h1-29H,30H2. The van der Waals surface area contributed by atoms with Crippen LogP contribution in [0.4, 0.5) is 0 Å². The number of rotatable bonds is 5. The van der Waals surface area contributed by atoms with Gasteiger partial charge in [0, 0.05) is 45.1 Å². The van der Waals surface area contributed by atoms with Crippen LogP contribution in [0.1, 0.15) is 11.1 Å². The second kappa shape index (κ2) is 11.5. The van der Waals surface area contributed by atoms with Gasteiger partial charge in [-0.1, -0.05) is 146 Å². The van der Waals surface area contributed by atoms with Gasteiger partial charge in [0.1, 0.15) is 0 Å². The van der Waals surface area contributed by atoms with E-state index in [0.29, 0.717) is 0 Å². The molecule has 0 N–H and O–H groups in total. The maximum absolute atomic E-state index is 5.28. The molecule has 0 saturated carbocycles. The fourth-order valence-corrected chi connectivity index (χ4v) is 7.72. The third kappa shape index (κ3) is 4.59. The lowest BCUT2D eigenvalue weighted by atomic mass is 9.96. The Labute approximate surface area is 290 Å². The summed E-state index contributed by atoms with van der Waals surface area (Å²) in [5.74, 6) is 0.753. The Kier molecular flexibility index (Phi) is 6.56. The molecule has 50 heavy (non-hydrogen) atoms. The molecule has 3 nitrogen and oxygen atoms in total. The summed E-state index contributed by atoms with van der Waals surface area (Å²) < 4.78 is 2.39. The van der Waals surface area contributed by atoms with Crippen LogP contribution >= 0.6 is 0 Å². The van der Waals surface area contributed by atoms with Crippen molar-refractivity contribution >= 4 is 21.8 Å². The van der Waals surface area contributed by atoms with Gasteiger partial charge in [-0.3, -0.25) is 0 Å². The topological polar surface area (TPSA) is 30.7 Å². The highest BCUT2D eigenvalue weighted by Crippen LogP contribution is 2.46. The molecule has 0 spiro atoms. The molecule has 3 heteroatoms. The van der Waals surface area contributed by atoms with Crippen molar-refractivity contribution in [3.05, 3.63) is 187 Å². The molecule has 10 rings (SSSR count). The zero-order valence-electron chi connectivity index (χ0n) is 27.3. The number of aromatic nitrogens is 3. The molecule has 1 aliphatic carbocycles. The first-order valence-electron chi connectivity index (χ1n) is 17.1. The average Bonchev–Trinajstić information content (AvgIpc) is 3.74. The summed E-state index contributed by atoms with van der Waals surface area (Å²) in [5.41, 5.74) is 16.2. The number of hydrogen-bond donors (Lipinski definition) is 0. The van der Waals surface area contributed by atoms with Crippen LogP contribution in [0.2, 0.25) is 0 Å². The molecule has 0 radical (unpaired) electrons. The zero-order chi connectivity index (χ0) is 33.0. The lowest BCUT2D eigenvalue weighted by Gasteiger charge is -2.14. The van der Waals surface area contributed by atoms with Crippen molar-refractivity contribution in [3.63, 3.8) is 0 Å². The normalized spacial score (nSPS) is 11.9. The van der Waals surface area contributed by atoms with Crippen LogP contribution < -0.4 is 0 Å². The molecule has 7 aromatic carbocycles. The lowest BCUT2D eigenvalue weighted by Crippen LogP contribution is -1.99. The van der Waals surface area contributed by atoms with Crippen molar-refractivity contribution in [3.8, 4) is 61.8 Å². The van der Waals surface area contributed by atoms with E-state index in [9.17, 15) is 0 Å². The van der Waals surface area contributed by atoms with E-state index in [0.717, 1.165) is 40.4 Å². The number of hydrogen-bond acceptors (Lipinski definition) is 2. The van der Waals surface area contributed by atoms with E-state index in [4.69, 9.17) is 9.97 Å². The molecule has 2 aromatic heterocycles. The van der Waals surface area contributed by atoms with Gasteiger partial charge in [-0.05, 0) is 58.1 Å². The number of nitrogens with zero attached hydrogens (tertiary/aromatic N) is 3. The summed E-state index contributed by atoms with van der Waals surface area (Å²) in [6.07, 6.45) is 0.808. The summed E-state index contributed by atoms with van der Waals surface area (Å²) >= 11 is 0. The van der Waals surface area contributed by atoms with Gasteiger partial charge in [0.15, 0.2) is 5.82 Å². The Balaban J connectivity index is 1.10. The van der Waals surface area contributed by atoms with Gasteiger partial charge in [0.05, 0.1) is 22.4 Å². The van der Waals surface area contributed by atoms with E-state index >= 15 is 0 Å². The minimum Gasteiger partial charge on any atom is -0.309 e. The maximum Gasteiger partial charge on any atom is 0.160 e. The minimum absolute atomic E-state index is 0.753. The molecule has 2 heterocycles. The van der Waals surface area contributed by atoms with E-state index in [2.05, 4.69) is 174 Å². The highest BCUT2D eigenvalue weighted by molar-refractivity contribution is 6.10. The van der Waals surface area contributed by atoms with Crippen molar-refractivity contribution in [1.29, 1.82) is 0 Å². The molecule has 0 saturated heterocycles. The van der Waals surface area contributed by atoms with E-state index in [-0.39, 0.29) is 0 Å². The van der Waals surface area contributed by atoms with Crippen molar-refractivity contribution in [2.24, 2.45) is 0 Å². The van der Waals surface area contributed by atoms with Gasteiger partial charge in [-0.15, -0.1) is 0 Å². The SMILES string of the molecule is c1ccc(-c2ccc3c(c2)c2ccccc2n3-c2ccc(-c3cccc4c3-c3nc(-c5ccccc5)nc(-c5ccccc5)c3C4)cc2)cc1. The maximum atomic E-state index is 5.28. The van der Waals surface area contributed by atoms with Crippen molar-refractivity contribution < 1.29 is 0 Å². The van der Waals surface area contributed by atoms with Gasteiger partial charge in [0.2, 0.25) is 0 Å². The van der Waals surface area contributed by atoms with Gasteiger partial charge in [-0.25, -0.2) is 9.97 Å². The Hall–Kier alpha value is -6.58. The second-order valence-corrected chi connectivity index (χ2v) is 13.0. The lowest BCUT2D eigenvalue weighted by molar-refractivity contribution is 1.13. The largest absolute Gasteiger partial charge is 0.309 e. The summed E-state index contributed by atoms with van der Waals surface area (Å²) in [7, 11) is 0. The predicted octanol–water partition coefficient (Wildman–Crippen LogP) is 11.8. The summed E-state index contributed by atoms with van der Waals surface area (Å²) in [6, 6.07) is 62.7. The molecule has 0 bridgehead atoms. The minimum atomic E-state index is 0.753. The van der Waals surface area contributed by atoms with E-state index in [1.807, 2.05) is 6.07 Å². The molecule has 0 aliphatic heterocycles. The average molecular weight is 638 g/mol. The third-order valence-electron chi connectivity index (χ3n) is 10.1. The van der Waals surface area contributed by atoms with Crippen LogP contribution in [0.15, 0.2) is 176 Å². The molecular formula is C47H31N3. The quantitative estimate of drug-likeness (QED) is 0.188. The first kappa shape index (κ1) is 28.4. The third-order valence-corrected chi connectivity index (χ3v) is 10.1. The van der Waals surface area contributed by atoms with E-state index in [1.54, 1.807) is 0 Å². The zero-order valence-corrected chi connectivity index (χ0v) is 27.3. The Morgan fingerprint density at radius 1 is 0.420 bits per heavy atom. The van der Waals surface area contributed by atoms with Crippen molar-refractivity contribution in [1.82, 2.24) is 14.5 Å². The molecule has 1 aliphatic rings. The first-order chi connectivity index (χ1) is 24.8. The smallest absolute Gasteiger partial charge is 0.160 e. The molecule has 0 amide bonds. The number of fused-ring (bicyclic) bond motifs is 6. The Bertz CT molecular complexity index is 2690. The number of para-hydroxylation sites is 1. The molecule has 9 aromatic rings. The van der Waals surface area contributed by atoms with Gasteiger partial charge < -0.3 is 4.57 Å². The predicted molar refractivity (Wildman–Crippen MR) is 206 cm³/mol. The molecular weight excluding hydrogens is 607 g/mol. The fraction of sp³-hybridized carbons (Fsp3) is 0.0213. The van der Waals surface area contributed by atoms with Crippen LogP contribution in [0.5, 0.6) is 0 Å². The molecule has 0 fully saturated rings. The molecule has 0 atom stereocenters. The second-order valence-electron chi connectivity index (χ2n) is 13.0. The van der Waals surface area contributed by atoms with Crippen LogP contribution in [-0.4, -0.2) is 14.5 Å². The highest BCUT2D eigenvalue weighted by Gasteiger charge is 2.28. The number of benzene rings is 7. The summed E-state index contributed by atoms with van der Waals surface area (Å²) in [6.45, 7) is 0. The molecule has 0 unspecified atom stereocenters. The van der Waals surface area contributed by atoms with Crippen LogP contribution in [0, 0.1) is 0 Å². The van der Waals surface area contributed by atoms with Crippen molar-refractivity contribution in [2.45, 2.75) is 6.42 Å². The van der Waals surface area contributed by atoms with E-state index in [1.165, 1.54) is 60.8 Å². The summed E-state index contributed by atoms with van der Waals surface area (Å²) in [4.78, 5) is 10.4. The monoisotopic (exact) mass is 637 g/mol. The van der Waals surface area contributed by atoms with Gasteiger partial charge in [0.25, 0.3) is 0 Å². The summed E-state index contributed by atoms with van der Waals surface area (Å²) in [5, 5.41) is 2.51. The Morgan fingerprint density at radius 3 is 1.80 bits per heavy atom. The first-order valence-corrected chi connectivity index (χ1v) is 17.1. The molecule has 234 valence electrons. The van der Waals surface area contributed by atoms with Crippen LogP contribution in [0.25, 0.3) is 83.6 Å². The van der Waals surface area contributed by atoms with Gasteiger partial charge in [-0.2, -0.15) is 0 Å². The van der Waals surface area contributed by atoms with Gasteiger partial charge >= 0.3 is 0 Å². The van der Waals surface area contributed by atoms with E-state index < -0.39 is 0 Å². The Morgan fingerprint density at radius 2 is 1.04 bits per heavy atom. The van der Waals surface area contributed by atoms with Crippen molar-refractivity contribution in [2.75, 3.05) is 0 Å². The fourth-order valence-electron chi connectivity index (χ4n) is 7.72.